The molecule has 18 heterocycles. The van der Waals surface area contributed by atoms with Crippen LogP contribution in [-0.4, -0.2) is 182 Å². The number of nitriles is 3. The Bertz CT molecular complexity index is 6200. The van der Waals surface area contributed by atoms with E-state index in [1.807, 2.05) is 130 Å². The van der Waals surface area contributed by atoms with Gasteiger partial charge in [-0.1, -0.05) is 42.5 Å². The smallest absolute Gasteiger partial charge is 0.333 e. The molecular weight excluding hydrogens is 1480 g/mol. The van der Waals surface area contributed by atoms with E-state index < -0.39 is 6.55 Å². The number of pyridine rings is 8. The van der Waals surface area contributed by atoms with Gasteiger partial charge < -0.3 is 36.6 Å². The number of hydrogen-bond acceptors (Lipinski definition) is 24. The third-order valence-electron chi connectivity index (χ3n) is 22.0. The first-order valence-corrected chi connectivity index (χ1v) is 38.4. The molecule has 4 saturated heterocycles. The van der Waals surface area contributed by atoms with Crippen molar-refractivity contribution in [3.63, 3.8) is 0 Å². The summed E-state index contributed by atoms with van der Waals surface area (Å²) in [5.74, 6) is 3.91. The Morgan fingerprint density at radius 1 is 0.462 bits per heavy atom. The molecule has 19 rings (SSSR count). The van der Waals surface area contributed by atoms with E-state index in [2.05, 4.69) is 137 Å². The highest BCUT2D eigenvalue weighted by Crippen LogP contribution is 2.40. The Balaban J connectivity index is 0.000000126. The maximum atomic E-state index is 13.1. The van der Waals surface area contributed by atoms with Crippen molar-refractivity contribution in [1.29, 1.82) is 15.8 Å². The summed E-state index contributed by atoms with van der Waals surface area (Å²) in [6.07, 6.45) is 23.9. The standard InChI is InChI=1S/C30H29N9.C28H28N10O.C27H24F2N10/c1-36-16-23(14-34-36)22-11-26(29-27(12-31)30(32)35-39(29)17-22)21-7-10-28(33-13-21)37-18-24-8-9-25(19-37)38(24)15-20-5-3-2-4-6-20;1-35-16-21(15-32-35)20-12-23(27-24(13-29)28(30)34-38(27)17-20)19-6-7-25(31-14-19)37-10-8-36(9-11-37)18-22-4-3-5-26(33-22)39-2;28-27(29)38-8-6-23(34-38)19-13-21(25-22(14-30)26(31)35-39(25)16-19)18-4-5-24(33-15-18)37-11-9-36(10-12-37)17-20-3-1-2-7-32-20/h2-7,10-11,13-14,16-17,24-25H,8-9,15,18-19H2,1H3,(H2,32,35);3-7,12,14-17H,8-11,18H2,1-2H3,(H2,30,34);1-8,13,15-16,27H,9-12,17H2,(H2,31,35). The zero-order chi connectivity index (χ0) is 80.4. The van der Waals surface area contributed by atoms with Crippen LogP contribution in [-0.2, 0) is 33.7 Å². The second kappa shape index (κ2) is 32.5. The van der Waals surface area contributed by atoms with Crippen LogP contribution in [0.3, 0.4) is 0 Å². The average molecular weight is 1560 g/mol. The molecule has 2 atom stereocenters. The molecule has 14 aromatic heterocycles. The number of aromatic nitrogens is 17. The van der Waals surface area contributed by atoms with Crippen LogP contribution >= 0.6 is 0 Å². The zero-order valence-corrected chi connectivity index (χ0v) is 64.4. The van der Waals surface area contributed by atoms with Gasteiger partial charge >= 0.3 is 6.55 Å². The molecule has 6 N–H and O–H groups in total. The SMILES string of the molecule is COc1cccc(CN2CCN(c3ccc(-c4cc(-c5cnn(C)c5)cn5nc(N)c(C#N)c45)cn3)CC2)n1.Cn1cc(-c2cc(-c3ccc(N4CC5CCC(C4)N5Cc4ccccc4)nc3)c3c(C#N)c(N)nn3c2)cn1.N#Cc1c(N)nn2cc(-c3ccn(C(F)F)n3)cc(-c3ccc(N4CCN(Cc5ccccn5)CC4)nc3)c12. The van der Waals surface area contributed by atoms with Gasteiger partial charge in [-0.05, 0) is 97.3 Å². The summed E-state index contributed by atoms with van der Waals surface area (Å²) in [5.41, 5.74) is 34.1. The highest BCUT2D eigenvalue weighted by molar-refractivity contribution is 5.93. The van der Waals surface area contributed by atoms with Crippen molar-refractivity contribution < 1.29 is 13.5 Å². The predicted octanol–water partition coefficient (Wildman–Crippen LogP) is 10.9. The summed E-state index contributed by atoms with van der Waals surface area (Å²) in [4.78, 5) is 37.8. The summed E-state index contributed by atoms with van der Waals surface area (Å²) in [7, 11) is 5.40. The van der Waals surface area contributed by atoms with Crippen LogP contribution < -0.4 is 36.6 Å². The number of ether oxygens (including phenoxy) is 1. The van der Waals surface area contributed by atoms with E-state index in [-0.39, 0.29) is 23.0 Å². The number of nitrogen functional groups attached to an aromatic ring is 3. The van der Waals surface area contributed by atoms with Crippen molar-refractivity contribution in [2.45, 2.75) is 51.1 Å². The van der Waals surface area contributed by atoms with Gasteiger partial charge in [0.25, 0.3) is 0 Å². The van der Waals surface area contributed by atoms with Gasteiger partial charge in [-0.2, -0.15) is 39.9 Å². The highest BCUT2D eigenvalue weighted by Gasteiger charge is 2.40. The molecule has 32 heteroatoms. The summed E-state index contributed by atoms with van der Waals surface area (Å²) in [6, 6.07) is 49.8. The van der Waals surface area contributed by atoms with Gasteiger partial charge in [0.05, 0.1) is 53.1 Å². The van der Waals surface area contributed by atoms with Gasteiger partial charge in [-0.25, -0.2) is 38.2 Å². The van der Waals surface area contributed by atoms with E-state index in [0.717, 1.165) is 164 Å². The van der Waals surface area contributed by atoms with Crippen molar-refractivity contribution in [3.8, 4) is 91.0 Å². The average Bonchev–Trinajstić information content (AvgIpc) is 1.66. The van der Waals surface area contributed by atoms with Gasteiger partial charge in [-0.3, -0.25) is 29.0 Å². The molecule has 15 aromatic rings. The van der Waals surface area contributed by atoms with Gasteiger partial charge in [0.15, 0.2) is 17.5 Å². The van der Waals surface area contributed by atoms with Crippen molar-refractivity contribution >= 4 is 51.5 Å². The lowest BCUT2D eigenvalue weighted by atomic mass is 10.0. The Morgan fingerprint density at radius 2 is 0.923 bits per heavy atom. The van der Waals surface area contributed by atoms with Gasteiger partial charge in [0, 0.05) is 240 Å². The molecule has 1 aromatic carbocycles. The molecule has 2 unspecified atom stereocenters. The van der Waals surface area contributed by atoms with Crippen LogP contribution in [0.5, 0.6) is 5.88 Å². The lowest BCUT2D eigenvalue weighted by Crippen LogP contribution is -2.53. The fourth-order valence-corrected chi connectivity index (χ4v) is 16.1. The number of nitrogens with zero attached hydrogens (tertiary/aromatic N) is 26. The van der Waals surface area contributed by atoms with E-state index >= 15 is 0 Å². The van der Waals surface area contributed by atoms with Crippen molar-refractivity contribution in [2.24, 2.45) is 14.1 Å². The number of aryl methyl sites for hydroxylation is 2. The minimum atomic E-state index is -2.75. The lowest BCUT2D eigenvalue weighted by molar-refractivity contribution is 0.0568. The number of alkyl halides is 2. The zero-order valence-electron chi connectivity index (χ0n) is 64.4. The molecule has 117 heavy (non-hydrogen) atoms. The van der Waals surface area contributed by atoms with Crippen molar-refractivity contribution in [3.05, 3.63) is 235 Å². The monoisotopic (exact) mass is 1560 g/mol. The van der Waals surface area contributed by atoms with Crippen LogP contribution in [0.25, 0.3) is 83.4 Å². The second-order valence-electron chi connectivity index (χ2n) is 29.4. The predicted molar refractivity (Wildman–Crippen MR) is 441 cm³/mol. The number of halogens is 2. The van der Waals surface area contributed by atoms with Crippen LogP contribution in [0, 0.1) is 34.0 Å². The number of nitrogens with two attached hydrogens (primary N) is 3. The molecule has 0 saturated carbocycles. The van der Waals surface area contributed by atoms with E-state index in [1.165, 1.54) is 35.2 Å². The van der Waals surface area contributed by atoms with Crippen LogP contribution in [0.1, 0.15) is 53.0 Å². The van der Waals surface area contributed by atoms with E-state index in [4.69, 9.17) is 36.9 Å². The molecule has 0 spiro atoms. The highest BCUT2D eigenvalue weighted by atomic mass is 19.3. The minimum Gasteiger partial charge on any atom is -0.481 e. The molecule has 30 nitrogen and oxygen atoms in total. The van der Waals surface area contributed by atoms with Crippen LogP contribution in [0.2, 0.25) is 0 Å². The molecule has 0 radical (unpaired) electrons. The Morgan fingerprint density at radius 3 is 1.35 bits per heavy atom. The van der Waals surface area contributed by atoms with Crippen molar-refractivity contribution in [1.82, 2.24) is 97.8 Å². The maximum Gasteiger partial charge on any atom is 0.333 e. The third-order valence-corrected chi connectivity index (χ3v) is 22.0. The van der Waals surface area contributed by atoms with E-state index in [9.17, 15) is 24.6 Å². The number of rotatable bonds is 17. The topological polar surface area (TPSA) is 348 Å². The van der Waals surface area contributed by atoms with Gasteiger partial charge in [0.2, 0.25) is 5.88 Å². The van der Waals surface area contributed by atoms with E-state index in [0.29, 0.717) is 67.1 Å². The van der Waals surface area contributed by atoms with Crippen molar-refractivity contribution in [2.75, 3.05) is 104 Å². The van der Waals surface area contributed by atoms with Gasteiger partial charge in [-0.15, -0.1) is 15.3 Å². The third kappa shape index (κ3) is 15.6. The Hall–Kier alpha value is -14.5. The maximum absolute atomic E-state index is 13.1. The summed E-state index contributed by atoms with van der Waals surface area (Å²) in [5, 5.41) is 55.0. The first-order chi connectivity index (χ1) is 57.1. The number of fused-ring (bicyclic) bond motifs is 5. The summed E-state index contributed by atoms with van der Waals surface area (Å²) < 4.78 is 40.5. The van der Waals surface area contributed by atoms with Crippen LogP contribution in [0.15, 0.2) is 202 Å². The fraction of sp³-hybridized carbons (Fsp3) is 0.247. The Kier molecular flexibility index (Phi) is 20.9. The largest absolute Gasteiger partial charge is 0.481 e. The fourth-order valence-electron chi connectivity index (χ4n) is 16.1. The summed E-state index contributed by atoms with van der Waals surface area (Å²) >= 11 is 0. The first-order valence-electron chi connectivity index (χ1n) is 38.4. The number of methoxy groups -OCH3 is 1. The number of benzene rings is 1. The molecule has 586 valence electrons. The molecule has 0 amide bonds. The Labute approximate surface area is 671 Å². The second-order valence-corrected chi connectivity index (χ2v) is 29.4. The normalized spacial score (nSPS) is 15.8. The molecule has 2 bridgehead atoms. The molecule has 4 fully saturated rings. The molecule has 4 aliphatic rings. The lowest BCUT2D eigenvalue weighted by Gasteiger charge is -2.41. The molecule has 0 aliphatic carbocycles. The summed E-state index contributed by atoms with van der Waals surface area (Å²) in [6.45, 7) is 8.86. The minimum absolute atomic E-state index is 0.0853. The quantitative estimate of drug-likeness (QED) is 0.0762. The molecule has 4 aliphatic heterocycles. The van der Waals surface area contributed by atoms with E-state index in [1.54, 1.807) is 50.2 Å². The van der Waals surface area contributed by atoms with Gasteiger partial charge in [0.1, 0.15) is 52.4 Å². The number of anilines is 6. The first kappa shape index (κ1) is 75.2. The van der Waals surface area contributed by atoms with Crippen LogP contribution in [0.4, 0.5) is 43.7 Å². The molecular formula is C85H81F2N29O. The number of hydrogen-bond donors (Lipinski definition) is 3. The number of piperazine rings is 3.